The summed E-state index contributed by atoms with van der Waals surface area (Å²) in [5, 5.41) is 2.95. The van der Waals surface area contributed by atoms with Gasteiger partial charge in [-0.15, -0.1) is 0 Å². The molecule has 0 fully saturated rings. The zero-order valence-corrected chi connectivity index (χ0v) is 18.3. The number of aryl methyl sites for hydroxylation is 1. The molecular weight excluding hydrogens is 411 g/mol. The normalized spacial score (nSPS) is 11.0. The molecule has 0 aliphatic rings. The third-order valence-electron chi connectivity index (χ3n) is 5.38. The first-order valence-corrected chi connectivity index (χ1v) is 10.3. The Labute approximate surface area is 185 Å². The van der Waals surface area contributed by atoms with E-state index in [0.717, 1.165) is 16.8 Å². The molecule has 0 spiro atoms. The lowest BCUT2D eigenvalue weighted by atomic mass is 10.1. The van der Waals surface area contributed by atoms with Crippen molar-refractivity contribution in [2.24, 2.45) is 0 Å². The third kappa shape index (κ3) is 4.32. The van der Waals surface area contributed by atoms with Gasteiger partial charge in [0.1, 0.15) is 17.3 Å². The van der Waals surface area contributed by atoms with Crippen LogP contribution in [0.1, 0.15) is 27.4 Å². The van der Waals surface area contributed by atoms with Gasteiger partial charge in [-0.05, 0) is 37.1 Å². The third-order valence-corrected chi connectivity index (χ3v) is 5.38. The highest BCUT2D eigenvalue weighted by Gasteiger charge is 2.19. The lowest BCUT2D eigenvalue weighted by Crippen LogP contribution is -2.28. The van der Waals surface area contributed by atoms with Gasteiger partial charge in [-0.25, -0.2) is 4.39 Å². The maximum absolute atomic E-state index is 14.3. The average molecular weight is 436 g/mol. The molecule has 0 aliphatic carbocycles. The number of carbonyl (C=O) groups is 1. The Kier molecular flexibility index (Phi) is 6.16. The van der Waals surface area contributed by atoms with Crippen LogP contribution in [0, 0.1) is 12.7 Å². The fraction of sp³-hybridized carbons (Fsp3) is 0.240. The molecule has 4 rings (SSSR count). The Morgan fingerprint density at radius 3 is 2.59 bits per heavy atom. The summed E-state index contributed by atoms with van der Waals surface area (Å²) >= 11 is 0. The molecular formula is C25H25FN2O4. The number of carbonyl (C=O) groups excluding carboxylic acids is 1. The maximum atomic E-state index is 14.3. The Bertz CT molecular complexity index is 1260. The van der Waals surface area contributed by atoms with E-state index in [-0.39, 0.29) is 18.3 Å². The number of hydrogen-bond acceptors (Lipinski definition) is 4. The summed E-state index contributed by atoms with van der Waals surface area (Å²) in [6, 6.07) is 15.8. The van der Waals surface area contributed by atoms with Gasteiger partial charge in [-0.1, -0.05) is 24.3 Å². The second-order valence-corrected chi connectivity index (χ2v) is 7.51. The van der Waals surface area contributed by atoms with Crippen molar-refractivity contribution in [2.45, 2.75) is 19.9 Å². The number of amides is 1. The number of halogens is 1. The van der Waals surface area contributed by atoms with E-state index in [1.165, 1.54) is 6.07 Å². The van der Waals surface area contributed by atoms with Gasteiger partial charge in [-0.3, -0.25) is 4.79 Å². The first-order valence-electron chi connectivity index (χ1n) is 10.3. The minimum atomic E-state index is -0.311. The summed E-state index contributed by atoms with van der Waals surface area (Å²) < 4.78 is 32.4. The van der Waals surface area contributed by atoms with Crippen LogP contribution in [0.3, 0.4) is 0 Å². The van der Waals surface area contributed by atoms with Crippen LogP contribution in [0.4, 0.5) is 4.39 Å². The van der Waals surface area contributed by atoms with Crippen molar-refractivity contribution in [2.75, 3.05) is 20.8 Å². The van der Waals surface area contributed by atoms with Crippen molar-refractivity contribution in [3.05, 3.63) is 83.0 Å². The number of furan rings is 1. The summed E-state index contributed by atoms with van der Waals surface area (Å²) in [6.07, 6.45) is 0.620. The van der Waals surface area contributed by atoms with Gasteiger partial charge in [0.05, 0.1) is 26.3 Å². The summed E-state index contributed by atoms with van der Waals surface area (Å²) in [7, 11) is 3.18. The Morgan fingerprint density at radius 1 is 1.06 bits per heavy atom. The van der Waals surface area contributed by atoms with Crippen LogP contribution >= 0.6 is 0 Å². The largest absolute Gasteiger partial charge is 0.493 e. The van der Waals surface area contributed by atoms with Crippen LogP contribution in [0.25, 0.3) is 11.1 Å². The maximum Gasteiger partial charge on any atom is 0.268 e. The fourth-order valence-electron chi connectivity index (χ4n) is 3.77. The van der Waals surface area contributed by atoms with Crippen LogP contribution in [0.15, 0.2) is 59.0 Å². The highest BCUT2D eigenvalue weighted by atomic mass is 19.1. The number of nitrogens with zero attached hydrogens (tertiary/aromatic N) is 1. The van der Waals surface area contributed by atoms with E-state index in [4.69, 9.17) is 13.9 Å². The monoisotopic (exact) mass is 436 g/mol. The summed E-state index contributed by atoms with van der Waals surface area (Å²) in [6.45, 7) is 2.50. The first kappa shape index (κ1) is 21.5. The molecule has 1 N–H and O–H groups in total. The number of methoxy groups -OCH3 is 2. The highest BCUT2D eigenvalue weighted by molar-refractivity contribution is 5.97. The van der Waals surface area contributed by atoms with E-state index in [9.17, 15) is 9.18 Å². The number of hydrogen-bond donors (Lipinski definition) is 1. The van der Waals surface area contributed by atoms with E-state index >= 15 is 0 Å². The molecule has 2 aromatic heterocycles. The molecule has 2 heterocycles. The van der Waals surface area contributed by atoms with Gasteiger partial charge < -0.3 is 23.8 Å². The van der Waals surface area contributed by atoms with Crippen LogP contribution in [0.2, 0.25) is 0 Å². The standard InChI is InChI=1S/C25H25FN2O4/c1-16-12-20-23(32-16)14-21(28(20)15-18-6-4-5-7-19(18)26)25(29)27-11-10-17-8-9-22(30-2)24(13-17)31-3/h4-9,12-14H,10-11,15H2,1-3H3,(H,27,29). The van der Waals surface area contributed by atoms with Gasteiger partial charge in [0.2, 0.25) is 0 Å². The summed E-state index contributed by atoms with van der Waals surface area (Å²) in [4.78, 5) is 13.0. The molecule has 166 valence electrons. The van der Waals surface area contributed by atoms with Crippen molar-refractivity contribution in [3.63, 3.8) is 0 Å². The van der Waals surface area contributed by atoms with Crippen LogP contribution in [-0.2, 0) is 13.0 Å². The molecule has 2 aromatic carbocycles. The Hall–Kier alpha value is -3.74. The van der Waals surface area contributed by atoms with Crippen LogP contribution in [0.5, 0.6) is 11.5 Å². The molecule has 0 atom stereocenters. The molecule has 0 unspecified atom stereocenters. The molecule has 0 bridgehead atoms. The smallest absolute Gasteiger partial charge is 0.268 e. The van der Waals surface area contributed by atoms with E-state index in [1.807, 2.05) is 31.2 Å². The van der Waals surface area contributed by atoms with E-state index < -0.39 is 0 Å². The van der Waals surface area contributed by atoms with Gasteiger partial charge in [0, 0.05) is 24.2 Å². The van der Waals surface area contributed by atoms with E-state index in [2.05, 4.69) is 5.32 Å². The SMILES string of the molecule is COc1ccc(CCNC(=O)c2cc3oc(C)cc3n2Cc2ccccc2F)cc1OC. The van der Waals surface area contributed by atoms with Crippen molar-refractivity contribution < 1.29 is 23.1 Å². The number of benzene rings is 2. The number of rotatable bonds is 8. The fourth-order valence-corrected chi connectivity index (χ4v) is 3.77. The van der Waals surface area contributed by atoms with E-state index in [0.29, 0.717) is 41.3 Å². The number of ether oxygens (including phenoxy) is 2. The van der Waals surface area contributed by atoms with Crippen LogP contribution < -0.4 is 14.8 Å². The predicted octanol–water partition coefficient (Wildman–Crippen LogP) is 4.72. The molecule has 7 heteroatoms. The first-order chi connectivity index (χ1) is 15.5. The second kappa shape index (κ2) is 9.18. The van der Waals surface area contributed by atoms with Crippen molar-refractivity contribution in [1.29, 1.82) is 0 Å². The molecule has 32 heavy (non-hydrogen) atoms. The quantitative estimate of drug-likeness (QED) is 0.434. The van der Waals surface area contributed by atoms with Gasteiger partial charge in [0.25, 0.3) is 5.91 Å². The predicted molar refractivity (Wildman–Crippen MR) is 120 cm³/mol. The molecule has 4 aromatic rings. The van der Waals surface area contributed by atoms with Gasteiger partial charge in [0.15, 0.2) is 17.1 Å². The molecule has 0 aliphatic heterocycles. The summed E-state index contributed by atoms with van der Waals surface area (Å²) in [5.74, 6) is 1.48. The average Bonchev–Trinajstić information content (AvgIpc) is 3.31. The lowest BCUT2D eigenvalue weighted by molar-refractivity contribution is 0.0945. The minimum absolute atomic E-state index is 0.230. The Balaban J connectivity index is 1.52. The molecule has 0 radical (unpaired) electrons. The Morgan fingerprint density at radius 2 is 1.84 bits per heavy atom. The van der Waals surface area contributed by atoms with E-state index in [1.54, 1.807) is 43.1 Å². The molecule has 0 saturated heterocycles. The molecule has 0 saturated carbocycles. The zero-order valence-electron chi connectivity index (χ0n) is 18.3. The van der Waals surface area contributed by atoms with Gasteiger partial charge in [-0.2, -0.15) is 0 Å². The topological polar surface area (TPSA) is 65.6 Å². The highest BCUT2D eigenvalue weighted by Crippen LogP contribution is 2.28. The van der Waals surface area contributed by atoms with Crippen LogP contribution in [-0.4, -0.2) is 31.2 Å². The molecule has 1 amide bonds. The zero-order chi connectivity index (χ0) is 22.7. The number of aromatic nitrogens is 1. The number of nitrogens with one attached hydrogen (secondary N) is 1. The van der Waals surface area contributed by atoms with Crippen molar-refractivity contribution in [3.8, 4) is 11.5 Å². The second-order valence-electron chi connectivity index (χ2n) is 7.51. The number of fused-ring (bicyclic) bond motifs is 1. The van der Waals surface area contributed by atoms with Crippen molar-refractivity contribution >= 4 is 17.0 Å². The minimum Gasteiger partial charge on any atom is -0.493 e. The lowest BCUT2D eigenvalue weighted by Gasteiger charge is -2.12. The van der Waals surface area contributed by atoms with Gasteiger partial charge >= 0.3 is 0 Å². The summed E-state index contributed by atoms with van der Waals surface area (Å²) in [5.41, 5.74) is 3.30. The van der Waals surface area contributed by atoms with Crippen molar-refractivity contribution in [1.82, 2.24) is 9.88 Å². The molecule has 6 nitrogen and oxygen atoms in total.